The topological polar surface area (TPSA) is 111 Å². The van der Waals surface area contributed by atoms with Crippen molar-refractivity contribution in [1.82, 2.24) is 20.6 Å². The number of phenolic OH excluding ortho intramolecular Hbond substituents is 1. The monoisotopic (exact) mass is 270 g/mol. The minimum atomic E-state index is 0.202. The summed E-state index contributed by atoms with van der Waals surface area (Å²) in [5.74, 6) is 0.685. The first-order valence-electron chi connectivity index (χ1n) is 6.05. The van der Waals surface area contributed by atoms with E-state index in [0.717, 1.165) is 11.3 Å². The van der Waals surface area contributed by atoms with Gasteiger partial charge in [0.2, 0.25) is 5.82 Å². The molecular weight excluding hydrogens is 256 g/mol. The average Bonchev–Trinajstić information content (AvgIpc) is 2.95. The van der Waals surface area contributed by atoms with Crippen LogP contribution in [0.1, 0.15) is 31.2 Å². The summed E-state index contributed by atoms with van der Waals surface area (Å²) in [4.78, 5) is 0. The first-order valence-corrected chi connectivity index (χ1v) is 6.05. The van der Waals surface area contributed by atoms with Gasteiger partial charge in [0.05, 0.1) is 0 Å². The number of nitriles is 1. The van der Waals surface area contributed by atoms with Crippen molar-refractivity contribution in [1.29, 1.82) is 5.26 Å². The second-order valence-corrected chi connectivity index (χ2v) is 4.48. The number of aromatic amines is 1. The maximum Gasteiger partial charge on any atom is 0.216 e. The maximum atomic E-state index is 9.75. The molecule has 0 aliphatic carbocycles. The van der Waals surface area contributed by atoms with Gasteiger partial charge in [-0.3, -0.25) is 0 Å². The molecule has 0 radical (unpaired) electrons. The predicted molar refractivity (Wildman–Crippen MR) is 73.6 cm³/mol. The van der Waals surface area contributed by atoms with Gasteiger partial charge in [0.15, 0.2) is 0 Å². The smallest absolute Gasteiger partial charge is 0.216 e. The van der Waals surface area contributed by atoms with E-state index < -0.39 is 0 Å². The molecule has 0 fully saturated rings. The van der Waals surface area contributed by atoms with Crippen molar-refractivity contribution in [3.63, 3.8) is 0 Å². The second kappa shape index (κ2) is 5.84. The molecule has 102 valence electrons. The van der Waals surface area contributed by atoms with Gasteiger partial charge in [0, 0.05) is 11.9 Å². The predicted octanol–water partition coefficient (Wildman–Crippen LogP) is 2.01. The first kappa shape index (κ1) is 13.5. The number of hydrogen-bond acceptors (Lipinski definition) is 6. The van der Waals surface area contributed by atoms with Crippen LogP contribution in [0, 0.1) is 11.3 Å². The summed E-state index contributed by atoms with van der Waals surface area (Å²) in [5, 5.41) is 35.0. The van der Waals surface area contributed by atoms with Gasteiger partial charge < -0.3 is 10.4 Å². The zero-order valence-corrected chi connectivity index (χ0v) is 11.1. The molecule has 0 unspecified atom stereocenters. The van der Waals surface area contributed by atoms with Crippen LogP contribution in [0.15, 0.2) is 24.4 Å². The van der Waals surface area contributed by atoms with Gasteiger partial charge in [-0.1, -0.05) is 13.8 Å². The molecule has 0 amide bonds. The Morgan fingerprint density at radius 1 is 1.50 bits per heavy atom. The zero-order valence-electron chi connectivity index (χ0n) is 11.1. The lowest BCUT2D eigenvalue weighted by Gasteiger charge is -2.10. The van der Waals surface area contributed by atoms with Gasteiger partial charge in [0.25, 0.3) is 0 Å². The zero-order chi connectivity index (χ0) is 14.5. The van der Waals surface area contributed by atoms with E-state index >= 15 is 0 Å². The Bertz CT molecular complexity index is 654. The number of anilines is 1. The van der Waals surface area contributed by atoms with Crippen molar-refractivity contribution >= 4 is 11.3 Å². The summed E-state index contributed by atoms with van der Waals surface area (Å²) in [6, 6.07) is 7.16. The lowest BCUT2D eigenvalue weighted by atomic mass is 10.0. The molecule has 0 atom stereocenters. The van der Waals surface area contributed by atoms with E-state index in [-0.39, 0.29) is 23.1 Å². The number of aromatic hydroxyl groups is 1. The van der Waals surface area contributed by atoms with E-state index in [1.165, 1.54) is 6.20 Å². The standard InChI is InChI=1S/C13H14N6O/c1-8(2)11-5-10(3-4-12(11)20)15-7-9(6-14)13-16-18-19-17-13/h3-5,7-8,15,20H,1-2H3,(H,16,17,18,19). The fourth-order valence-electron chi connectivity index (χ4n) is 1.68. The normalized spacial score (nSPS) is 11.4. The average molecular weight is 270 g/mol. The Balaban J connectivity index is 2.22. The van der Waals surface area contributed by atoms with Crippen molar-refractivity contribution in [2.45, 2.75) is 19.8 Å². The number of hydrogen-bond donors (Lipinski definition) is 3. The third-order valence-corrected chi connectivity index (χ3v) is 2.74. The van der Waals surface area contributed by atoms with E-state index in [0.29, 0.717) is 0 Å². The summed E-state index contributed by atoms with van der Waals surface area (Å²) < 4.78 is 0. The molecule has 3 N–H and O–H groups in total. The molecule has 0 saturated heterocycles. The highest BCUT2D eigenvalue weighted by molar-refractivity contribution is 5.74. The van der Waals surface area contributed by atoms with Crippen LogP contribution in [0.25, 0.3) is 5.57 Å². The minimum Gasteiger partial charge on any atom is -0.508 e. The van der Waals surface area contributed by atoms with Gasteiger partial charge in [-0.05, 0) is 34.9 Å². The van der Waals surface area contributed by atoms with Crippen LogP contribution >= 0.6 is 0 Å². The van der Waals surface area contributed by atoms with Gasteiger partial charge >= 0.3 is 0 Å². The van der Waals surface area contributed by atoms with Gasteiger partial charge in [-0.25, -0.2) is 0 Å². The third-order valence-electron chi connectivity index (χ3n) is 2.74. The molecule has 1 heterocycles. The van der Waals surface area contributed by atoms with Gasteiger partial charge in [-0.15, -0.1) is 10.2 Å². The van der Waals surface area contributed by atoms with Crippen LogP contribution < -0.4 is 5.32 Å². The lowest BCUT2D eigenvalue weighted by Crippen LogP contribution is -1.95. The number of nitrogens with zero attached hydrogens (tertiary/aromatic N) is 4. The molecule has 20 heavy (non-hydrogen) atoms. The summed E-state index contributed by atoms with van der Waals surface area (Å²) in [7, 11) is 0. The summed E-state index contributed by atoms with van der Waals surface area (Å²) in [6.45, 7) is 3.99. The van der Waals surface area contributed by atoms with Crippen molar-refractivity contribution in [3.05, 3.63) is 35.8 Å². The first-order chi connectivity index (χ1) is 9.61. The molecule has 0 spiro atoms. The highest BCUT2D eigenvalue weighted by atomic mass is 16.3. The SMILES string of the molecule is CC(C)c1cc(NC=C(C#N)c2nn[nH]n2)ccc1O. The van der Waals surface area contributed by atoms with E-state index in [1.807, 2.05) is 26.0 Å². The lowest BCUT2D eigenvalue weighted by molar-refractivity contribution is 0.465. The largest absolute Gasteiger partial charge is 0.508 e. The number of aromatic nitrogens is 4. The molecule has 0 saturated carbocycles. The number of tetrazole rings is 1. The van der Waals surface area contributed by atoms with Crippen LogP contribution in [0.5, 0.6) is 5.75 Å². The molecule has 0 aliphatic rings. The number of nitrogens with one attached hydrogen (secondary N) is 2. The number of allylic oxidation sites excluding steroid dienone is 1. The Hall–Kier alpha value is -2.88. The Morgan fingerprint density at radius 3 is 2.90 bits per heavy atom. The summed E-state index contributed by atoms with van der Waals surface area (Å²) in [6.07, 6.45) is 1.50. The molecule has 2 rings (SSSR count). The van der Waals surface area contributed by atoms with Crippen LogP contribution in [0.4, 0.5) is 5.69 Å². The van der Waals surface area contributed by atoms with Crippen molar-refractivity contribution in [2.24, 2.45) is 0 Å². The third kappa shape index (κ3) is 2.92. The van der Waals surface area contributed by atoms with Crippen molar-refractivity contribution in [2.75, 3.05) is 5.32 Å². The summed E-state index contributed by atoms with van der Waals surface area (Å²) in [5.41, 5.74) is 1.86. The maximum absolute atomic E-state index is 9.75. The van der Waals surface area contributed by atoms with Crippen molar-refractivity contribution in [3.8, 4) is 11.8 Å². The van der Waals surface area contributed by atoms with Gasteiger partial charge in [-0.2, -0.15) is 10.5 Å². The molecule has 7 heteroatoms. The summed E-state index contributed by atoms with van der Waals surface area (Å²) >= 11 is 0. The fourth-order valence-corrected chi connectivity index (χ4v) is 1.68. The number of H-pyrrole nitrogens is 1. The fraction of sp³-hybridized carbons (Fsp3) is 0.231. The Labute approximate surface area is 115 Å². The van der Waals surface area contributed by atoms with E-state index in [2.05, 4.69) is 25.9 Å². The highest BCUT2D eigenvalue weighted by Crippen LogP contribution is 2.28. The molecule has 1 aromatic carbocycles. The van der Waals surface area contributed by atoms with Crippen LogP contribution in [0.3, 0.4) is 0 Å². The van der Waals surface area contributed by atoms with Crippen LogP contribution in [-0.2, 0) is 0 Å². The number of phenols is 1. The number of rotatable bonds is 4. The van der Waals surface area contributed by atoms with Crippen LogP contribution in [0.2, 0.25) is 0 Å². The molecule has 0 aliphatic heterocycles. The highest BCUT2D eigenvalue weighted by Gasteiger charge is 2.08. The van der Waals surface area contributed by atoms with E-state index in [4.69, 9.17) is 5.26 Å². The van der Waals surface area contributed by atoms with Crippen LogP contribution in [-0.4, -0.2) is 25.7 Å². The Morgan fingerprint density at radius 2 is 2.30 bits per heavy atom. The molecular formula is C13H14N6O. The molecule has 1 aromatic heterocycles. The molecule has 0 bridgehead atoms. The number of benzene rings is 1. The molecule has 2 aromatic rings. The van der Waals surface area contributed by atoms with E-state index in [1.54, 1.807) is 12.1 Å². The van der Waals surface area contributed by atoms with Crippen molar-refractivity contribution < 1.29 is 5.11 Å². The Kier molecular flexibility index (Phi) is 3.96. The van der Waals surface area contributed by atoms with Gasteiger partial charge in [0.1, 0.15) is 17.4 Å². The second-order valence-electron chi connectivity index (χ2n) is 4.48. The minimum absolute atomic E-state index is 0.202. The van der Waals surface area contributed by atoms with E-state index in [9.17, 15) is 5.11 Å². The molecule has 7 nitrogen and oxygen atoms in total. The quantitative estimate of drug-likeness (QED) is 0.579.